The second kappa shape index (κ2) is 6.81. The van der Waals surface area contributed by atoms with E-state index in [9.17, 15) is 4.79 Å². The molecular weight excluding hydrogens is 320 g/mol. The summed E-state index contributed by atoms with van der Waals surface area (Å²) in [7, 11) is 1.99. The van der Waals surface area contributed by atoms with E-state index >= 15 is 0 Å². The van der Waals surface area contributed by atoms with Gasteiger partial charge in [-0.15, -0.1) is 10.2 Å². The van der Waals surface area contributed by atoms with Gasteiger partial charge in [0.1, 0.15) is 5.82 Å². The second-order valence-electron chi connectivity index (χ2n) is 6.16. The zero-order valence-corrected chi connectivity index (χ0v) is 15.3. The molecule has 2 aromatic heterocycles. The minimum absolute atomic E-state index is 0.0708. The number of nitrogens with zero attached hydrogens (tertiary/aromatic N) is 3. The summed E-state index contributed by atoms with van der Waals surface area (Å²) in [5.41, 5.74) is 4.05. The fourth-order valence-electron chi connectivity index (χ4n) is 2.96. The molecule has 1 N–H and O–H groups in total. The predicted molar refractivity (Wildman–Crippen MR) is 98.6 cm³/mol. The first-order chi connectivity index (χ1) is 11.5. The highest BCUT2D eigenvalue weighted by atomic mass is 32.2. The van der Waals surface area contributed by atoms with Crippen molar-refractivity contribution in [2.45, 2.75) is 44.5 Å². The maximum atomic E-state index is 12.4. The van der Waals surface area contributed by atoms with Crippen molar-refractivity contribution in [3.63, 3.8) is 0 Å². The quantitative estimate of drug-likeness (QED) is 0.721. The normalized spacial score (nSPS) is 11.3. The van der Waals surface area contributed by atoms with E-state index in [0.29, 0.717) is 5.75 Å². The van der Waals surface area contributed by atoms with Crippen molar-refractivity contribution < 1.29 is 0 Å². The molecule has 0 fully saturated rings. The Morgan fingerprint density at radius 1 is 1.21 bits per heavy atom. The molecule has 0 radical (unpaired) electrons. The first-order valence-corrected chi connectivity index (χ1v) is 9.12. The average molecular weight is 342 g/mol. The summed E-state index contributed by atoms with van der Waals surface area (Å²) in [4.78, 5) is 15.8. The van der Waals surface area contributed by atoms with Gasteiger partial charge in [-0.2, -0.15) is 0 Å². The third-order valence-corrected chi connectivity index (χ3v) is 5.15. The number of aromatic amines is 1. The minimum Gasteiger partial charge on any atom is -0.357 e. The van der Waals surface area contributed by atoms with Gasteiger partial charge in [-0.25, -0.2) is 0 Å². The summed E-state index contributed by atoms with van der Waals surface area (Å²) in [6.07, 6.45) is 1.97. The molecule has 0 atom stereocenters. The van der Waals surface area contributed by atoms with E-state index in [-0.39, 0.29) is 5.43 Å². The van der Waals surface area contributed by atoms with Gasteiger partial charge in [0.15, 0.2) is 10.6 Å². The standard InChI is InChI=1S/C18H22N4OS/c1-5-6-16-20-21-18(22(16)4)24-10-13-9-15(23)17-12(3)7-11(2)8-14(17)19-13/h7-9H,5-6,10H2,1-4H3,(H,19,23). The van der Waals surface area contributed by atoms with Crippen LogP contribution in [-0.4, -0.2) is 19.7 Å². The molecule has 24 heavy (non-hydrogen) atoms. The van der Waals surface area contributed by atoms with Crippen LogP contribution in [0.25, 0.3) is 10.9 Å². The lowest BCUT2D eigenvalue weighted by molar-refractivity contribution is 0.715. The van der Waals surface area contributed by atoms with E-state index in [1.165, 1.54) is 0 Å². The summed E-state index contributed by atoms with van der Waals surface area (Å²) < 4.78 is 2.03. The molecule has 0 unspecified atom stereocenters. The van der Waals surface area contributed by atoms with E-state index in [1.54, 1.807) is 17.8 Å². The number of aromatic nitrogens is 4. The number of benzene rings is 1. The molecule has 0 saturated heterocycles. The fraction of sp³-hybridized carbons (Fsp3) is 0.389. The van der Waals surface area contributed by atoms with Crippen molar-refractivity contribution in [2.75, 3.05) is 0 Å². The van der Waals surface area contributed by atoms with E-state index in [1.807, 2.05) is 37.6 Å². The van der Waals surface area contributed by atoms with Crippen LogP contribution in [-0.2, 0) is 19.2 Å². The number of pyridine rings is 1. The number of aryl methyl sites for hydroxylation is 3. The number of nitrogens with one attached hydrogen (secondary N) is 1. The molecule has 0 aliphatic rings. The van der Waals surface area contributed by atoms with Crippen molar-refractivity contribution in [1.29, 1.82) is 0 Å². The van der Waals surface area contributed by atoms with E-state index in [0.717, 1.165) is 51.5 Å². The van der Waals surface area contributed by atoms with Crippen LogP contribution in [0, 0.1) is 13.8 Å². The van der Waals surface area contributed by atoms with Gasteiger partial charge in [0, 0.05) is 36.4 Å². The molecule has 3 rings (SSSR count). The Balaban J connectivity index is 1.87. The highest BCUT2D eigenvalue weighted by Crippen LogP contribution is 2.22. The Morgan fingerprint density at radius 2 is 2.00 bits per heavy atom. The molecular formula is C18H22N4OS. The van der Waals surface area contributed by atoms with Crippen molar-refractivity contribution in [1.82, 2.24) is 19.7 Å². The van der Waals surface area contributed by atoms with Crippen molar-refractivity contribution >= 4 is 22.7 Å². The minimum atomic E-state index is 0.0708. The molecule has 2 heterocycles. The van der Waals surface area contributed by atoms with Crippen molar-refractivity contribution in [3.8, 4) is 0 Å². The number of hydrogen-bond donors (Lipinski definition) is 1. The lowest BCUT2D eigenvalue weighted by Crippen LogP contribution is -2.07. The van der Waals surface area contributed by atoms with E-state index in [2.05, 4.69) is 22.1 Å². The molecule has 1 aromatic carbocycles. The number of fused-ring (bicyclic) bond motifs is 1. The van der Waals surface area contributed by atoms with Gasteiger partial charge in [0.05, 0.1) is 5.52 Å². The highest BCUT2D eigenvalue weighted by Gasteiger charge is 2.10. The Hall–Kier alpha value is -2.08. The number of rotatable bonds is 5. The Morgan fingerprint density at radius 3 is 2.75 bits per heavy atom. The van der Waals surface area contributed by atoms with Crippen LogP contribution >= 0.6 is 11.8 Å². The summed E-state index contributed by atoms with van der Waals surface area (Å²) in [5.74, 6) is 1.66. The predicted octanol–water partition coefficient (Wildman–Crippen LogP) is 3.52. The summed E-state index contributed by atoms with van der Waals surface area (Å²) in [5, 5.41) is 10.1. The topological polar surface area (TPSA) is 63.6 Å². The van der Waals surface area contributed by atoms with Gasteiger partial charge in [0.2, 0.25) is 0 Å². The lowest BCUT2D eigenvalue weighted by atomic mass is 10.1. The van der Waals surface area contributed by atoms with Crippen LogP contribution in [0.3, 0.4) is 0 Å². The molecule has 0 aliphatic heterocycles. The molecule has 0 aliphatic carbocycles. The molecule has 6 heteroatoms. The Labute approximate surface area is 145 Å². The number of thioether (sulfide) groups is 1. The molecule has 0 saturated carbocycles. The monoisotopic (exact) mass is 342 g/mol. The smallest absolute Gasteiger partial charge is 0.191 e. The van der Waals surface area contributed by atoms with Crippen molar-refractivity contribution in [2.24, 2.45) is 7.05 Å². The van der Waals surface area contributed by atoms with Crippen LogP contribution in [0.1, 0.15) is 36.0 Å². The summed E-state index contributed by atoms with van der Waals surface area (Å²) in [6.45, 7) is 6.15. The highest BCUT2D eigenvalue weighted by molar-refractivity contribution is 7.98. The third-order valence-electron chi connectivity index (χ3n) is 4.08. The Kier molecular flexibility index (Phi) is 4.76. The zero-order valence-electron chi connectivity index (χ0n) is 14.5. The zero-order chi connectivity index (χ0) is 17.3. The van der Waals surface area contributed by atoms with Gasteiger partial charge in [0.25, 0.3) is 0 Å². The van der Waals surface area contributed by atoms with Gasteiger partial charge in [-0.1, -0.05) is 24.8 Å². The number of hydrogen-bond acceptors (Lipinski definition) is 4. The van der Waals surface area contributed by atoms with Crippen LogP contribution in [0.4, 0.5) is 0 Å². The van der Waals surface area contributed by atoms with Crippen molar-refractivity contribution in [3.05, 3.63) is 51.1 Å². The van der Waals surface area contributed by atoms with E-state index < -0.39 is 0 Å². The van der Waals surface area contributed by atoms with Crippen LogP contribution in [0.5, 0.6) is 0 Å². The maximum Gasteiger partial charge on any atom is 0.191 e. The molecule has 3 aromatic rings. The van der Waals surface area contributed by atoms with Crippen LogP contribution in [0.2, 0.25) is 0 Å². The maximum absolute atomic E-state index is 12.4. The van der Waals surface area contributed by atoms with Gasteiger partial charge < -0.3 is 9.55 Å². The first-order valence-electron chi connectivity index (χ1n) is 8.13. The molecule has 0 bridgehead atoms. The lowest BCUT2D eigenvalue weighted by Gasteiger charge is -2.07. The van der Waals surface area contributed by atoms with Gasteiger partial charge >= 0.3 is 0 Å². The van der Waals surface area contributed by atoms with E-state index in [4.69, 9.17) is 0 Å². The number of H-pyrrole nitrogens is 1. The largest absolute Gasteiger partial charge is 0.357 e. The SMILES string of the molecule is CCCc1nnc(SCc2cc(=O)c3c(C)cc(C)cc3[nH]2)n1C. The first kappa shape index (κ1) is 16.8. The fourth-order valence-corrected chi connectivity index (χ4v) is 3.80. The average Bonchev–Trinajstić information content (AvgIpc) is 2.85. The van der Waals surface area contributed by atoms with Gasteiger partial charge in [-0.3, -0.25) is 4.79 Å². The van der Waals surface area contributed by atoms with Gasteiger partial charge in [-0.05, 0) is 37.5 Å². The van der Waals surface area contributed by atoms with Crippen LogP contribution < -0.4 is 5.43 Å². The van der Waals surface area contributed by atoms with Crippen LogP contribution in [0.15, 0.2) is 28.2 Å². The summed E-state index contributed by atoms with van der Waals surface area (Å²) >= 11 is 1.59. The second-order valence-corrected chi connectivity index (χ2v) is 7.10. The summed E-state index contributed by atoms with van der Waals surface area (Å²) in [6, 6.07) is 5.77. The molecule has 0 amide bonds. The Bertz CT molecular complexity index is 942. The molecule has 5 nitrogen and oxygen atoms in total. The molecule has 0 spiro atoms. The molecule has 126 valence electrons. The third kappa shape index (κ3) is 3.24.